The van der Waals surface area contributed by atoms with Crippen LogP contribution < -0.4 is 5.73 Å². The second-order valence-corrected chi connectivity index (χ2v) is 3.60. The van der Waals surface area contributed by atoms with Gasteiger partial charge in [0, 0.05) is 5.69 Å². The molecule has 0 aliphatic carbocycles. The predicted molar refractivity (Wildman–Crippen MR) is 55.0 cm³/mol. The first-order chi connectivity index (χ1) is 6.77. The van der Waals surface area contributed by atoms with E-state index >= 15 is 0 Å². The summed E-state index contributed by atoms with van der Waals surface area (Å²) in [7, 11) is 0. The number of nitrogens with two attached hydrogens (primary N) is 1. The fourth-order valence-corrected chi connectivity index (χ4v) is 1.38. The Hall–Kier alpha value is -1.06. The Labute approximate surface area is 83.8 Å². The van der Waals surface area contributed by atoms with Crippen LogP contribution in [0.25, 0.3) is 0 Å². The minimum Gasteiger partial charge on any atom is -0.399 e. The van der Waals surface area contributed by atoms with Gasteiger partial charge in [0.15, 0.2) is 0 Å². The van der Waals surface area contributed by atoms with Crippen molar-refractivity contribution in [3.05, 3.63) is 29.3 Å². The quantitative estimate of drug-likeness (QED) is 0.740. The van der Waals surface area contributed by atoms with Crippen molar-refractivity contribution in [2.45, 2.75) is 19.6 Å². The summed E-state index contributed by atoms with van der Waals surface area (Å²) in [5, 5.41) is 0. The van der Waals surface area contributed by atoms with Crippen molar-refractivity contribution in [2.24, 2.45) is 0 Å². The molecule has 0 amide bonds. The fraction of sp³-hybridized carbons (Fsp3) is 0.455. The molecule has 0 aromatic heterocycles. The van der Waals surface area contributed by atoms with E-state index in [4.69, 9.17) is 15.2 Å². The van der Waals surface area contributed by atoms with Crippen molar-refractivity contribution in [3.8, 4) is 0 Å². The van der Waals surface area contributed by atoms with Gasteiger partial charge in [0.2, 0.25) is 0 Å². The number of hydrogen-bond donors (Lipinski definition) is 1. The lowest BCUT2D eigenvalue weighted by molar-refractivity contribution is -0.135. The predicted octanol–water partition coefficient (Wildman–Crippen LogP) is 1.49. The zero-order valence-electron chi connectivity index (χ0n) is 8.32. The monoisotopic (exact) mass is 193 g/mol. The average molecular weight is 193 g/mol. The van der Waals surface area contributed by atoms with Gasteiger partial charge in [-0.1, -0.05) is 12.1 Å². The molecule has 1 aromatic rings. The number of nitrogen functional groups attached to an aromatic ring is 1. The van der Waals surface area contributed by atoms with Gasteiger partial charge in [0.1, 0.15) is 6.10 Å². The van der Waals surface area contributed by atoms with Gasteiger partial charge in [-0.3, -0.25) is 0 Å². The molecule has 1 aliphatic rings. The van der Waals surface area contributed by atoms with E-state index in [2.05, 4.69) is 0 Å². The average Bonchev–Trinajstić information content (AvgIpc) is 2.09. The van der Waals surface area contributed by atoms with E-state index in [9.17, 15) is 0 Å². The van der Waals surface area contributed by atoms with E-state index in [0.29, 0.717) is 6.61 Å². The third-order valence-electron chi connectivity index (χ3n) is 2.57. The van der Waals surface area contributed by atoms with Crippen molar-refractivity contribution in [1.82, 2.24) is 0 Å². The van der Waals surface area contributed by atoms with Crippen LogP contribution in [-0.4, -0.2) is 19.3 Å². The molecular weight excluding hydrogens is 178 g/mol. The number of anilines is 1. The van der Waals surface area contributed by atoms with Gasteiger partial charge in [-0.25, -0.2) is 0 Å². The van der Waals surface area contributed by atoms with Gasteiger partial charge in [-0.15, -0.1) is 0 Å². The van der Waals surface area contributed by atoms with E-state index in [0.717, 1.165) is 30.0 Å². The van der Waals surface area contributed by atoms with E-state index in [1.807, 2.05) is 25.1 Å². The Morgan fingerprint density at radius 1 is 1.50 bits per heavy atom. The number of benzene rings is 1. The SMILES string of the molecule is Cc1c(N)cccc1COC1COC1. The molecule has 1 aliphatic heterocycles. The largest absolute Gasteiger partial charge is 0.399 e. The van der Waals surface area contributed by atoms with Gasteiger partial charge in [-0.05, 0) is 24.1 Å². The Kier molecular flexibility index (Phi) is 2.70. The summed E-state index contributed by atoms with van der Waals surface area (Å²) in [4.78, 5) is 0. The molecule has 2 N–H and O–H groups in total. The molecule has 0 spiro atoms. The van der Waals surface area contributed by atoms with E-state index < -0.39 is 0 Å². The molecule has 76 valence electrons. The van der Waals surface area contributed by atoms with Crippen LogP contribution in [0, 0.1) is 6.92 Å². The molecule has 1 aromatic carbocycles. The molecule has 3 heteroatoms. The van der Waals surface area contributed by atoms with Gasteiger partial charge in [0.05, 0.1) is 19.8 Å². The number of rotatable bonds is 3. The van der Waals surface area contributed by atoms with Crippen molar-refractivity contribution < 1.29 is 9.47 Å². The highest BCUT2D eigenvalue weighted by atomic mass is 16.6. The normalized spacial score (nSPS) is 16.6. The summed E-state index contributed by atoms with van der Waals surface area (Å²) in [6, 6.07) is 5.91. The van der Waals surface area contributed by atoms with Crippen LogP contribution in [0.3, 0.4) is 0 Å². The lowest BCUT2D eigenvalue weighted by Gasteiger charge is -2.26. The maximum atomic E-state index is 5.79. The summed E-state index contributed by atoms with van der Waals surface area (Å²) in [6.07, 6.45) is 0.274. The molecular formula is C11H15NO2. The topological polar surface area (TPSA) is 44.5 Å². The van der Waals surface area contributed by atoms with Crippen molar-refractivity contribution in [2.75, 3.05) is 18.9 Å². The van der Waals surface area contributed by atoms with Crippen LogP contribution in [0.1, 0.15) is 11.1 Å². The maximum absolute atomic E-state index is 5.79. The van der Waals surface area contributed by atoms with Crippen molar-refractivity contribution in [1.29, 1.82) is 0 Å². The highest BCUT2D eigenvalue weighted by Crippen LogP contribution is 2.17. The Morgan fingerprint density at radius 3 is 2.93 bits per heavy atom. The van der Waals surface area contributed by atoms with Gasteiger partial charge < -0.3 is 15.2 Å². The van der Waals surface area contributed by atoms with Crippen LogP contribution in [0.4, 0.5) is 5.69 Å². The minimum absolute atomic E-state index is 0.274. The zero-order chi connectivity index (χ0) is 9.97. The summed E-state index contributed by atoms with van der Waals surface area (Å²) in [5.74, 6) is 0. The second-order valence-electron chi connectivity index (χ2n) is 3.60. The van der Waals surface area contributed by atoms with Crippen LogP contribution >= 0.6 is 0 Å². The molecule has 1 fully saturated rings. The zero-order valence-corrected chi connectivity index (χ0v) is 8.32. The summed E-state index contributed by atoms with van der Waals surface area (Å²) < 4.78 is 10.6. The smallest absolute Gasteiger partial charge is 0.105 e. The van der Waals surface area contributed by atoms with E-state index in [1.54, 1.807) is 0 Å². The number of hydrogen-bond acceptors (Lipinski definition) is 3. The Balaban J connectivity index is 1.97. The van der Waals surface area contributed by atoms with E-state index in [1.165, 1.54) is 0 Å². The Morgan fingerprint density at radius 2 is 2.29 bits per heavy atom. The second kappa shape index (κ2) is 3.98. The third-order valence-corrected chi connectivity index (χ3v) is 2.57. The van der Waals surface area contributed by atoms with E-state index in [-0.39, 0.29) is 6.10 Å². The first-order valence-electron chi connectivity index (χ1n) is 4.80. The standard InChI is InChI=1S/C11H15NO2/c1-8-9(3-2-4-11(8)12)5-14-10-6-13-7-10/h2-4,10H,5-7,12H2,1H3. The lowest BCUT2D eigenvalue weighted by Crippen LogP contribution is -2.35. The van der Waals surface area contributed by atoms with Crippen LogP contribution in [0.5, 0.6) is 0 Å². The number of ether oxygens (including phenoxy) is 2. The third kappa shape index (κ3) is 1.89. The highest BCUT2D eigenvalue weighted by molar-refractivity contribution is 5.49. The summed E-state index contributed by atoms with van der Waals surface area (Å²) in [5.41, 5.74) is 8.90. The summed E-state index contributed by atoms with van der Waals surface area (Å²) in [6.45, 7) is 4.10. The maximum Gasteiger partial charge on any atom is 0.105 e. The fourth-order valence-electron chi connectivity index (χ4n) is 1.38. The molecule has 0 bridgehead atoms. The van der Waals surface area contributed by atoms with Gasteiger partial charge >= 0.3 is 0 Å². The first kappa shape index (κ1) is 9.49. The van der Waals surface area contributed by atoms with Crippen LogP contribution in [-0.2, 0) is 16.1 Å². The molecule has 1 saturated heterocycles. The highest BCUT2D eigenvalue weighted by Gasteiger charge is 2.18. The molecule has 0 saturated carbocycles. The van der Waals surface area contributed by atoms with Crippen LogP contribution in [0.15, 0.2) is 18.2 Å². The molecule has 0 atom stereocenters. The molecule has 0 unspecified atom stereocenters. The first-order valence-corrected chi connectivity index (χ1v) is 4.80. The van der Waals surface area contributed by atoms with Gasteiger partial charge in [0.25, 0.3) is 0 Å². The molecule has 3 nitrogen and oxygen atoms in total. The van der Waals surface area contributed by atoms with Crippen molar-refractivity contribution >= 4 is 5.69 Å². The van der Waals surface area contributed by atoms with Crippen molar-refractivity contribution in [3.63, 3.8) is 0 Å². The summed E-state index contributed by atoms with van der Waals surface area (Å²) >= 11 is 0. The lowest BCUT2D eigenvalue weighted by atomic mass is 10.1. The van der Waals surface area contributed by atoms with Gasteiger partial charge in [-0.2, -0.15) is 0 Å². The molecule has 0 radical (unpaired) electrons. The molecule has 14 heavy (non-hydrogen) atoms. The molecule has 2 rings (SSSR count). The molecule has 1 heterocycles. The minimum atomic E-state index is 0.274. The Bertz CT molecular complexity index is 321. The van der Waals surface area contributed by atoms with Crippen LogP contribution in [0.2, 0.25) is 0 Å².